The lowest BCUT2D eigenvalue weighted by molar-refractivity contribution is 0.868. The van der Waals surface area contributed by atoms with Gasteiger partial charge in [-0.3, -0.25) is 0 Å². The molecule has 0 radical (unpaired) electrons. The average Bonchev–Trinajstić information content (AvgIpc) is 2.65. The lowest BCUT2D eigenvalue weighted by Crippen LogP contribution is -2.06. The largest absolute Gasteiger partial charge is 0.324 e. The Morgan fingerprint density at radius 1 is 1.33 bits per heavy atom. The summed E-state index contributed by atoms with van der Waals surface area (Å²) in [6.07, 6.45) is 3.50. The zero-order valence-corrected chi connectivity index (χ0v) is 9.33. The molecule has 3 nitrogen and oxygen atoms in total. The van der Waals surface area contributed by atoms with Gasteiger partial charge in [0.1, 0.15) is 5.82 Å². The van der Waals surface area contributed by atoms with E-state index in [0.29, 0.717) is 16.6 Å². The summed E-state index contributed by atoms with van der Waals surface area (Å²) < 4.78 is 1.85. The molecule has 0 atom stereocenters. The highest BCUT2D eigenvalue weighted by Crippen LogP contribution is 2.24. The molecule has 0 bridgehead atoms. The van der Waals surface area contributed by atoms with Crippen LogP contribution in [-0.4, -0.2) is 9.55 Å². The highest BCUT2D eigenvalue weighted by molar-refractivity contribution is 6.35. The van der Waals surface area contributed by atoms with E-state index in [1.807, 2.05) is 16.8 Å². The zero-order chi connectivity index (χ0) is 10.8. The first-order valence-electron chi connectivity index (χ1n) is 4.40. The van der Waals surface area contributed by atoms with Gasteiger partial charge in [0.05, 0.1) is 17.3 Å². The zero-order valence-electron chi connectivity index (χ0n) is 7.82. The maximum Gasteiger partial charge on any atom is 0.127 e. The van der Waals surface area contributed by atoms with Gasteiger partial charge in [-0.2, -0.15) is 0 Å². The van der Waals surface area contributed by atoms with Crippen LogP contribution in [0.5, 0.6) is 0 Å². The molecule has 0 fully saturated rings. The van der Waals surface area contributed by atoms with Gasteiger partial charge in [0.2, 0.25) is 0 Å². The molecule has 0 saturated carbocycles. The van der Waals surface area contributed by atoms with E-state index in [1.54, 1.807) is 18.3 Å². The smallest absolute Gasteiger partial charge is 0.127 e. The minimum Gasteiger partial charge on any atom is -0.324 e. The Hall–Kier alpha value is -1.03. The standard InChI is InChI=1S/C10H9Cl2N3/c11-7-1-2-9(8(12)5-7)15-4-3-14-10(15)6-13/h1-5H,6,13H2. The Morgan fingerprint density at radius 3 is 2.80 bits per heavy atom. The van der Waals surface area contributed by atoms with E-state index in [0.717, 1.165) is 11.5 Å². The monoisotopic (exact) mass is 241 g/mol. The molecule has 5 heteroatoms. The minimum atomic E-state index is 0.367. The highest BCUT2D eigenvalue weighted by Gasteiger charge is 2.07. The maximum absolute atomic E-state index is 6.08. The topological polar surface area (TPSA) is 43.8 Å². The molecule has 0 unspecified atom stereocenters. The summed E-state index contributed by atoms with van der Waals surface area (Å²) in [7, 11) is 0. The van der Waals surface area contributed by atoms with E-state index < -0.39 is 0 Å². The fraction of sp³-hybridized carbons (Fsp3) is 0.100. The summed E-state index contributed by atoms with van der Waals surface area (Å²) in [5, 5.41) is 1.19. The van der Waals surface area contributed by atoms with E-state index in [-0.39, 0.29) is 0 Å². The third-order valence-electron chi connectivity index (χ3n) is 2.07. The number of halogens is 2. The van der Waals surface area contributed by atoms with Crippen molar-refractivity contribution in [2.45, 2.75) is 6.54 Å². The average molecular weight is 242 g/mol. The summed E-state index contributed by atoms with van der Waals surface area (Å²) in [4.78, 5) is 4.12. The first-order valence-corrected chi connectivity index (χ1v) is 5.15. The molecule has 0 aliphatic carbocycles. The van der Waals surface area contributed by atoms with Gasteiger partial charge in [-0.05, 0) is 18.2 Å². The molecule has 78 valence electrons. The van der Waals surface area contributed by atoms with Crippen molar-refractivity contribution in [2.75, 3.05) is 0 Å². The summed E-state index contributed by atoms with van der Waals surface area (Å²) in [6, 6.07) is 5.31. The van der Waals surface area contributed by atoms with Gasteiger partial charge < -0.3 is 10.3 Å². The van der Waals surface area contributed by atoms with E-state index >= 15 is 0 Å². The molecule has 0 spiro atoms. The fourth-order valence-corrected chi connectivity index (χ4v) is 1.88. The van der Waals surface area contributed by atoms with Crippen LogP contribution in [0.25, 0.3) is 5.69 Å². The number of benzene rings is 1. The van der Waals surface area contributed by atoms with E-state index in [1.165, 1.54) is 0 Å². The summed E-state index contributed by atoms with van der Waals surface area (Å²) in [6.45, 7) is 0.367. The summed E-state index contributed by atoms with van der Waals surface area (Å²) >= 11 is 11.9. The number of imidazole rings is 1. The SMILES string of the molecule is NCc1nccn1-c1ccc(Cl)cc1Cl. The van der Waals surface area contributed by atoms with Crippen LogP contribution in [0.2, 0.25) is 10.0 Å². The molecular weight excluding hydrogens is 233 g/mol. The molecule has 2 N–H and O–H groups in total. The Morgan fingerprint density at radius 2 is 2.13 bits per heavy atom. The van der Waals surface area contributed by atoms with E-state index in [2.05, 4.69) is 4.98 Å². The number of aromatic nitrogens is 2. The van der Waals surface area contributed by atoms with Crippen molar-refractivity contribution in [2.24, 2.45) is 5.73 Å². The lowest BCUT2D eigenvalue weighted by atomic mass is 10.3. The molecule has 0 aliphatic heterocycles. The van der Waals surface area contributed by atoms with Crippen molar-refractivity contribution >= 4 is 23.2 Å². The molecule has 1 heterocycles. The van der Waals surface area contributed by atoms with Crippen molar-refractivity contribution in [3.05, 3.63) is 46.5 Å². The van der Waals surface area contributed by atoms with Crippen molar-refractivity contribution < 1.29 is 0 Å². The molecule has 1 aromatic carbocycles. The second kappa shape index (κ2) is 4.23. The van der Waals surface area contributed by atoms with Crippen LogP contribution in [0.4, 0.5) is 0 Å². The van der Waals surface area contributed by atoms with Crippen LogP contribution in [0, 0.1) is 0 Å². The molecule has 2 aromatic rings. The van der Waals surface area contributed by atoms with Gasteiger partial charge in [-0.1, -0.05) is 23.2 Å². The normalized spacial score (nSPS) is 10.6. The van der Waals surface area contributed by atoms with E-state index in [9.17, 15) is 0 Å². The first kappa shape index (κ1) is 10.5. The lowest BCUT2D eigenvalue weighted by Gasteiger charge is -2.08. The van der Waals surface area contributed by atoms with Crippen molar-refractivity contribution in [1.29, 1.82) is 0 Å². The maximum atomic E-state index is 6.08. The van der Waals surface area contributed by atoms with Gasteiger partial charge >= 0.3 is 0 Å². The highest BCUT2D eigenvalue weighted by atomic mass is 35.5. The van der Waals surface area contributed by atoms with Gasteiger partial charge in [-0.25, -0.2) is 4.98 Å². The van der Waals surface area contributed by atoms with Crippen LogP contribution < -0.4 is 5.73 Å². The number of nitrogens with zero attached hydrogens (tertiary/aromatic N) is 2. The molecule has 0 amide bonds. The van der Waals surface area contributed by atoms with Crippen LogP contribution in [0.3, 0.4) is 0 Å². The minimum absolute atomic E-state index is 0.367. The molecule has 0 aliphatic rings. The second-order valence-electron chi connectivity index (χ2n) is 3.01. The predicted octanol–water partition coefficient (Wildman–Crippen LogP) is 2.64. The van der Waals surface area contributed by atoms with Crippen LogP contribution in [-0.2, 0) is 6.54 Å². The predicted molar refractivity (Wildman–Crippen MR) is 61.5 cm³/mol. The van der Waals surface area contributed by atoms with Crippen molar-refractivity contribution in [3.8, 4) is 5.69 Å². The van der Waals surface area contributed by atoms with Gasteiger partial charge in [0, 0.05) is 17.4 Å². The fourth-order valence-electron chi connectivity index (χ4n) is 1.38. The summed E-state index contributed by atoms with van der Waals surface area (Å²) in [5.74, 6) is 0.763. The first-order chi connectivity index (χ1) is 7.22. The van der Waals surface area contributed by atoms with Crippen LogP contribution in [0.1, 0.15) is 5.82 Å². The van der Waals surface area contributed by atoms with Gasteiger partial charge in [-0.15, -0.1) is 0 Å². The molecule has 1 aromatic heterocycles. The summed E-state index contributed by atoms with van der Waals surface area (Å²) in [5.41, 5.74) is 6.39. The Bertz CT molecular complexity index is 479. The third-order valence-corrected chi connectivity index (χ3v) is 2.61. The van der Waals surface area contributed by atoms with E-state index in [4.69, 9.17) is 28.9 Å². The number of rotatable bonds is 2. The Labute approximate surface area is 97.4 Å². The molecule has 0 saturated heterocycles. The number of hydrogen-bond acceptors (Lipinski definition) is 2. The molecule has 2 rings (SSSR count). The second-order valence-corrected chi connectivity index (χ2v) is 3.86. The third kappa shape index (κ3) is 2.00. The molecular formula is C10H9Cl2N3. The molecule has 15 heavy (non-hydrogen) atoms. The Kier molecular flexibility index (Phi) is 2.95. The van der Waals surface area contributed by atoms with Crippen LogP contribution >= 0.6 is 23.2 Å². The number of nitrogens with two attached hydrogens (primary N) is 1. The quantitative estimate of drug-likeness (QED) is 0.879. The Balaban J connectivity index is 2.54. The van der Waals surface area contributed by atoms with Gasteiger partial charge in [0.15, 0.2) is 0 Å². The van der Waals surface area contributed by atoms with Crippen molar-refractivity contribution in [3.63, 3.8) is 0 Å². The number of hydrogen-bond donors (Lipinski definition) is 1. The van der Waals surface area contributed by atoms with Crippen molar-refractivity contribution in [1.82, 2.24) is 9.55 Å². The van der Waals surface area contributed by atoms with Crippen LogP contribution in [0.15, 0.2) is 30.6 Å². The van der Waals surface area contributed by atoms with Gasteiger partial charge in [0.25, 0.3) is 0 Å².